The first-order chi connectivity index (χ1) is 16.8. The summed E-state index contributed by atoms with van der Waals surface area (Å²) in [6.07, 6.45) is 6.66. The summed E-state index contributed by atoms with van der Waals surface area (Å²) in [5, 5.41) is 13.0. The number of carbonyl (C=O) groups excluding carboxylic acids is 3. The van der Waals surface area contributed by atoms with Gasteiger partial charge in [-0.05, 0) is 55.4 Å². The Hall–Kier alpha value is -3.07. The van der Waals surface area contributed by atoms with Gasteiger partial charge in [0.1, 0.15) is 12.4 Å². The zero-order valence-corrected chi connectivity index (χ0v) is 21.1. The fourth-order valence-corrected chi connectivity index (χ4v) is 4.02. The second-order valence-corrected chi connectivity index (χ2v) is 9.54. The molecular formula is C25H34ClN5O4. The van der Waals surface area contributed by atoms with Crippen LogP contribution in [0.3, 0.4) is 0 Å². The summed E-state index contributed by atoms with van der Waals surface area (Å²) < 4.78 is 5.95. The van der Waals surface area contributed by atoms with Crippen LogP contribution >= 0.6 is 11.6 Å². The van der Waals surface area contributed by atoms with Gasteiger partial charge in [0.05, 0.1) is 24.3 Å². The predicted octanol–water partition coefficient (Wildman–Crippen LogP) is 2.96. The van der Waals surface area contributed by atoms with Crippen LogP contribution in [0, 0.1) is 5.92 Å². The summed E-state index contributed by atoms with van der Waals surface area (Å²) >= 11 is 6.11. The van der Waals surface area contributed by atoms with Gasteiger partial charge in [-0.2, -0.15) is 5.10 Å². The van der Waals surface area contributed by atoms with Gasteiger partial charge in [0.25, 0.3) is 5.91 Å². The number of amides is 3. The Morgan fingerprint density at radius 3 is 2.86 bits per heavy atom. The lowest BCUT2D eigenvalue weighted by atomic mass is 10.1. The Kier molecular flexibility index (Phi) is 9.96. The molecule has 0 fully saturated rings. The van der Waals surface area contributed by atoms with Gasteiger partial charge in [0.2, 0.25) is 11.8 Å². The lowest BCUT2D eigenvalue weighted by Gasteiger charge is -2.26. The van der Waals surface area contributed by atoms with Gasteiger partial charge in [-0.1, -0.05) is 25.4 Å². The average molecular weight is 504 g/mol. The third kappa shape index (κ3) is 8.28. The number of hydrogen-bond acceptors (Lipinski definition) is 5. The van der Waals surface area contributed by atoms with Crippen molar-refractivity contribution in [2.75, 3.05) is 26.2 Å². The highest BCUT2D eigenvalue weighted by atomic mass is 35.5. The highest BCUT2D eigenvalue weighted by Crippen LogP contribution is 2.24. The number of hydrogen-bond donors (Lipinski definition) is 3. The van der Waals surface area contributed by atoms with E-state index in [2.05, 4.69) is 20.8 Å². The minimum Gasteiger partial charge on any atom is -0.491 e. The molecule has 0 radical (unpaired) electrons. The van der Waals surface area contributed by atoms with E-state index in [1.165, 1.54) is 0 Å². The fraction of sp³-hybridized carbons (Fsp3) is 0.520. The highest BCUT2D eigenvalue weighted by Gasteiger charge is 2.23. The van der Waals surface area contributed by atoms with Crippen LogP contribution in [0.25, 0.3) is 0 Å². The molecule has 2 heterocycles. The number of aromatic amines is 1. The van der Waals surface area contributed by atoms with Gasteiger partial charge in [-0.15, -0.1) is 0 Å². The molecule has 0 bridgehead atoms. The number of benzene rings is 1. The number of aromatic nitrogens is 2. The summed E-state index contributed by atoms with van der Waals surface area (Å²) in [7, 11) is 0. The van der Waals surface area contributed by atoms with Crippen molar-refractivity contribution in [1.29, 1.82) is 0 Å². The molecule has 1 aliphatic heterocycles. The summed E-state index contributed by atoms with van der Waals surface area (Å²) in [6.45, 7) is 5.02. The number of fused-ring (bicyclic) bond motifs is 1. The predicted molar refractivity (Wildman–Crippen MR) is 133 cm³/mol. The maximum Gasteiger partial charge on any atom is 0.255 e. The van der Waals surface area contributed by atoms with Gasteiger partial charge < -0.3 is 20.3 Å². The lowest BCUT2D eigenvalue weighted by Crippen LogP contribution is -2.48. The quantitative estimate of drug-likeness (QED) is 0.580. The molecule has 0 spiro atoms. The van der Waals surface area contributed by atoms with E-state index >= 15 is 0 Å². The van der Waals surface area contributed by atoms with Crippen molar-refractivity contribution >= 4 is 29.3 Å². The normalized spacial score (nSPS) is 18.1. The molecule has 190 valence electrons. The molecule has 10 heteroatoms. The molecule has 1 aliphatic rings. The number of H-pyrrole nitrogens is 1. The summed E-state index contributed by atoms with van der Waals surface area (Å²) in [6, 6.07) is 4.62. The zero-order valence-electron chi connectivity index (χ0n) is 20.3. The fourth-order valence-electron chi connectivity index (χ4n) is 3.84. The van der Waals surface area contributed by atoms with Gasteiger partial charge in [0.15, 0.2) is 0 Å². The standard InChI is InChI=1S/C25H34ClN5O4/c1-17(2)21-16-35-22-9-8-19(26)12-20(22)25(34)27-10-3-4-11-31(15-23(32)30-21)24(33)7-5-6-18-13-28-29-14-18/h8-9,12-14,17,21H,3-7,10-11,15-16H2,1-2H3,(H,27,34)(H,28,29)(H,30,32)/t21-/m0/s1. The Balaban J connectivity index is 1.69. The van der Waals surface area contributed by atoms with Crippen LogP contribution in [-0.4, -0.2) is 65.1 Å². The molecule has 0 saturated carbocycles. The Bertz CT molecular complexity index is 996. The largest absolute Gasteiger partial charge is 0.491 e. The van der Waals surface area contributed by atoms with Gasteiger partial charge >= 0.3 is 0 Å². The average Bonchev–Trinajstić information content (AvgIpc) is 3.33. The molecule has 3 N–H and O–H groups in total. The summed E-state index contributed by atoms with van der Waals surface area (Å²) in [4.78, 5) is 40.2. The minimum absolute atomic E-state index is 0.00762. The maximum atomic E-state index is 12.9. The van der Waals surface area contributed by atoms with E-state index in [1.54, 1.807) is 29.3 Å². The minimum atomic E-state index is -0.294. The maximum absolute atomic E-state index is 12.9. The third-order valence-electron chi connectivity index (χ3n) is 5.99. The van der Waals surface area contributed by atoms with Gasteiger partial charge in [-0.3, -0.25) is 19.5 Å². The number of ether oxygens (including phenoxy) is 1. The van der Waals surface area contributed by atoms with Crippen molar-refractivity contribution in [3.63, 3.8) is 0 Å². The second-order valence-electron chi connectivity index (χ2n) is 9.11. The third-order valence-corrected chi connectivity index (χ3v) is 6.23. The van der Waals surface area contributed by atoms with E-state index in [4.69, 9.17) is 16.3 Å². The van der Waals surface area contributed by atoms with E-state index in [1.807, 2.05) is 20.0 Å². The molecule has 35 heavy (non-hydrogen) atoms. The van der Waals surface area contributed by atoms with Gasteiger partial charge in [0, 0.05) is 30.7 Å². The molecule has 1 aromatic heterocycles. The SMILES string of the molecule is CC(C)[C@@H]1COc2ccc(Cl)cc2C(=O)NCCCCN(C(=O)CCCc2cn[nH]c2)CC(=O)N1. The van der Waals surface area contributed by atoms with E-state index in [-0.39, 0.29) is 42.8 Å². The molecular weight excluding hydrogens is 470 g/mol. The van der Waals surface area contributed by atoms with Crippen LogP contribution in [-0.2, 0) is 16.0 Å². The van der Waals surface area contributed by atoms with Crippen molar-refractivity contribution in [3.8, 4) is 5.75 Å². The Morgan fingerprint density at radius 2 is 2.11 bits per heavy atom. The van der Waals surface area contributed by atoms with Crippen LogP contribution in [0.4, 0.5) is 0 Å². The van der Waals surface area contributed by atoms with Crippen LogP contribution < -0.4 is 15.4 Å². The molecule has 0 unspecified atom stereocenters. The number of aryl methyl sites for hydroxylation is 1. The first kappa shape index (κ1) is 26.5. The molecule has 1 aromatic carbocycles. The molecule has 0 aliphatic carbocycles. The topological polar surface area (TPSA) is 116 Å². The van der Waals surface area contributed by atoms with Crippen LogP contribution in [0.2, 0.25) is 5.02 Å². The first-order valence-corrected chi connectivity index (χ1v) is 12.5. The highest BCUT2D eigenvalue weighted by molar-refractivity contribution is 6.31. The van der Waals surface area contributed by atoms with Crippen molar-refractivity contribution in [3.05, 3.63) is 46.7 Å². The number of rotatable bonds is 5. The van der Waals surface area contributed by atoms with Crippen molar-refractivity contribution in [2.24, 2.45) is 5.92 Å². The second kappa shape index (κ2) is 13.1. The number of halogens is 1. The van der Waals surface area contributed by atoms with Crippen LogP contribution in [0.5, 0.6) is 5.75 Å². The van der Waals surface area contributed by atoms with Crippen molar-refractivity contribution in [2.45, 2.75) is 52.0 Å². The number of carbonyl (C=O) groups is 3. The summed E-state index contributed by atoms with van der Waals surface area (Å²) in [5.74, 6) is -0.0589. The lowest BCUT2D eigenvalue weighted by molar-refractivity contribution is -0.136. The molecule has 3 amide bonds. The first-order valence-electron chi connectivity index (χ1n) is 12.1. The summed E-state index contributed by atoms with van der Waals surface area (Å²) in [5.41, 5.74) is 1.40. The number of nitrogens with one attached hydrogen (secondary N) is 3. The number of nitrogens with zero attached hydrogens (tertiary/aromatic N) is 2. The Morgan fingerprint density at radius 1 is 1.29 bits per heavy atom. The zero-order chi connectivity index (χ0) is 25.2. The van der Waals surface area contributed by atoms with E-state index in [0.717, 1.165) is 12.0 Å². The van der Waals surface area contributed by atoms with Gasteiger partial charge in [-0.25, -0.2) is 0 Å². The van der Waals surface area contributed by atoms with E-state index < -0.39 is 0 Å². The smallest absolute Gasteiger partial charge is 0.255 e. The van der Waals surface area contributed by atoms with Crippen molar-refractivity contribution in [1.82, 2.24) is 25.7 Å². The molecule has 1 atom stereocenters. The molecule has 9 nitrogen and oxygen atoms in total. The molecule has 3 rings (SSSR count). The Labute approximate surface area is 210 Å². The van der Waals surface area contributed by atoms with Crippen LogP contribution in [0.1, 0.15) is 55.5 Å². The van der Waals surface area contributed by atoms with Crippen LogP contribution in [0.15, 0.2) is 30.6 Å². The molecule has 0 saturated heterocycles. The van der Waals surface area contributed by atoms with Crippen molar-refractivity contribution < 1.29 is 19.1 Å². The van der Waals surface area contributed by atoms with E-state index in [9.17, 15) is 14.4 Å². The molecule has 2 aromatic rings. The monoisotopic (exact) mass is 503 g/mol. The van der Waals surface area contributed by atoms with E-state index in [0.29, 0.717) is 55.1 Å².